The van der Waals surface area contributed by atoms with Crippen LogP contribution in [0.25, 0.3) is 11.1 Å². The van der Waals surface area contributed by atoms with Gasteiger partial charge in [-0.15, -0.1) is 0 Å². The number of nitrogens with one attached hydrogen (secondary N) is 2. The molecule has 3 aromatic heterocycles. The maximum atomic E-state index is 13.3. The second kappa shape index (κ2) is 11.1. The number of aromatic nitrogens is 2. The highest BCUT2D eigenvalue weighted by Gasteiger charge is 2.36. The Morgan fingerprint density at radius 2 is 1.79 bits per heavy atom. The number of carbonyl (C=O) groups excluding carboxylic acids is 3. The molecule has 200 valence electrons. The zero-order valence-electron chi connectivity index (χ0n) is 21.4. The van der Waals surface area contributed by atoms with Crippen molar-refractivity contribution < 1.29 is 18.8 Å². The van der Waals surface area contributed by atoms with E-state index < -0.39 is 5.91 Å². The molecular weight excluding hydrogens is 508 g/mol. The third kappa shape index (κ3) is 5.51. The third-order valence-corrected chi connectivity index (χ3v) is 7.75. The average molecular weight is 539 g/mol. The van der Waals surface area contributed by atoms with Crippen LogP contribution in [-0.4, -0.2) is 70.7 Å². The number of anilines is 2. The van der Waals surface area contributed by atoms with E-state index in [1.807, 2.05) is 19.0 Å². The van der Waals surface area contributed by atoms with Crippen molar-refractivity contribution in [3.63, 3.8) is 0 Å². The Morgan fingerprint density at radius 3 is 2.47 bits per heavy atom. The molecule has 1 saturated heterocycles. The molecule has 3 amide bonds. The second-order valence-corrected chi connectivity index (χ2v) is 10.6. The number of hydrogen-bond donors (Lipinski definition) is 2. The predicted molar refractivity (Wildman–Crippen MR) is 144 cm³/mol. The van der Waals surface area contributed by atoms with E-state index in [0.29, 0.717) is 53.7 Å². The molecule has 0 aromatic carbocycles. The molecule has 0 spiro atoms. The number of pyridine rings is 2. The van der Waals surface area contributed by atoms with Gasteiger partial charge in [-0.2, -0.15) is 0 Å². The first-order chi connectivity index (χ1) is 18.3. The van der Waals surface area contributed by atoms with Crippen molar-refractivity contribution in [3.8, 4) is 0 Å². The van der Waals surface area contributed by atoms with Gasteiger partial charge in [0.05, 0.1) is 5.02 Å². The molecule has 1 unspecified atom stereocenters. The maximum Gasteiger partial charge on any atom is 0.294 e. The van der Waals surface area contributed by atoms with Gasteiger partial charge in [-0.1, -0.05) is 11.6 Å². The maximum absolute atomic E-state index is 13.3. The molecular formula is C27H31ClN6O4. The molecule has 2 aliphatic rings. The second-order valence-electron chi connectivity index (χ2n) is 10.2. The zero-order valence-corrected chi connectivity index (χ0v) is 22.2. The number of likely N-dealkylation sites (tertiary alicyclic amines) is 1. The first-order valence-electron chi connectivity index (χ1n) is 12.9. The molecule has 2 N–H and O–H groups in total. The lowest BCUT2D eigenvalue weighted by molar-refractivity contribution is -0.137. The summed E-state index contributed by atoms with van der Waals surface area (Å²) < 4.78 is 5.78. The van der Waals surface area contributed by atoms with Crippen LogP contribution < -0.4 is 10.6 Å². The van der Waals surface area contributed by atoms with E-state index in [4.69, 9.17) is 16.0 Å². The van der Waals surface area contributed by atoms with E-state index >= 15 is 0 Å². The van der Waals surface area contributed by atoms with Crippen molar-refractivity contribution in [2.24, 2.45) is 11.8 Å². The van der Waals surface area contributed by atoms with Gasteiger partial charge < -0.3 is 24.9 Å². The van der Waals surface area contributed by atoms with Gasteiger partial charge in [-0.05, 0) is 70.5 Å². The van der Waals surface area contributed by atoms with Crippen LogP contribution >= 0.6 is 11.6 Å². The van der Waals surface area contributed by atoms with Crippen LogP contribution in [0.3, 0.4) is 0 Å². The Balaban J connectivity index is 1.25. The van der Waals surface area contributed by atoms with Crippen LogP contribution in [0.5, 0.6) is 0 Å². The number of fused-ring (bicyclic) bond motifs is 1. The van der Waals surface area contributed by atoms with Crippen LogP contribution in [0.4, 0.5) is 11.5 Å². The number of likely N-dealkylation sites (N-methyl/N-ethyl adjacent to an activating group) is 1. The molecule has 2 fully saturated rings. The molecule has 4 heterocycles. The van der Waals surface area contributed by atoms with Crippen molar-refractivity contribution >= 4 is 51.9 Å². The van der Waals surface area contributed by atoms with Gasteiger partial charge in [0, 0.05) is 43.4 Å². The fourth-order valence-corrected chi connectivity index (χ4v) is 5.39. The van der Waals surface area contributed by atoms with E-state index in [-0.39, 0.29) is 35.1 Å². The van der Waals surface area contributed by atoms with Crippen LogP contribution in [0.15, 0.2) is 41.1 Å². The van der Waals surface area contributed by atoms with Gasteiger partial charge in [-0.25, -0.2) is 4.98 Å². The fourth-order valence-electron chi connectivity index (χ4n) is 5.28. The Bertz CT molecular complexity index is 1330. The summed E-state index contributed by atoms with van der Waals surface area (Å²) in [5, 5.41) is 6.01. The van der Waals surface area contributed by atoms with Gasteiger partial charge in [-0.3, -0.25) is 19.4 Å². The average Bonchev–Trinajstić information content (AvgIpc) is 3.56. The van der Waals surface area contributed by atoms with E-state index in [9.17, 15) is 14.4 Å². The normalized spacial score (nSPS) is 21.6. The van der Waals surface area contributed by atoms with Crippen molar-refractivity contribution in [1.82, 2.24) is 19.8 Å². The minimum absolute atomic E-state index is 0.0513. The number of carbonyl (C=O) groups is 3. The summed E-state index contributed by atoms with van der Waals surface area (Å²) >= 11 is 5.88. The van der Waals surface area contributed by atoms with Gasteiger partial charge >= 0.3 is 0 Å². The Labute approximate surface area is 225 Å². The molecule has 1 saturated carbocycles. The van der Waals surface area contributed by atoms with Gasteiger partial charge in [0.2, 0.25) is 17.6 Å². The highest BCUT2D eigenvalue weighted by atomic mass is 35.5. The lowest BCUT2D eigenvalue weighted by Crippen LogP contribution is -2.39. The number of halogens is 1. The minimum atomic E-state index is -0.566. The molecule has 3 aromatic rings. The summed E-state index contributed by atoms with van der Waals surface area (Å²) in [5.41, 5.74) is 0.999. The standard InChI is InChI=1S/C27H31ClN6O4/c1-33(2)19-11-13-34(15-19)27(37)17-7-5-16(6-8-17)25(35)32-23-22-20(4-3-12-29-22)38-24(23)26(36)31-21-10-9-18(28)14-30-21/h3-4,9-10,12,14,16-17,19H,5-8,11,13,15H2,1-2H3,(H,32,35)(H,30,31,36)/t16-,17-,19?. The van der Waals surface area contributed by atoms with E-state index in [1.165, 1.54) is 6.20 Å². The van der Waals surface area contributed by atoms with E-state index in [1.54, 1.807) is 30.5 Å². The summed E-state index contributed by atoms with van der Waals surface area (Å²) in [6, 6.07) is 6.96. The number of hydrogen-bond acceptors (Lipinski definition) is 7. The van der Waals surface area contributed by atoms with Crippen LogP contribution in [0.1, 0.15) is 42.7 Å². The van der Waals surface area contributed by atoms with Crippen molar-refractivity contribution in [1.29, 1.82) is 0 Å². The zero-order chi connectivity index (χ0) is 26.8. The van der Waals surface area contributed by atoms with Crippen molar-refractivity contribution in [2.75, 3.05) is 37.8 Å². The number of furan rings is 1. The van der Waals surface area contributed by atoms with Gasteiger partial charge in [0.25, 0.3) is 5.91 Å². The summed E-state index contributed by atoms with van der Waals surface area (Å²) in [6.45, 7) is 1.56. The van der Waals surface area contributed by atoms with Crippen LogP contribution in [-0.2, 0) is 9.59 Å². The third-order valence-electron chi connectivity index (χ3n) is 7.52. The first kappa shape index (κ1) is 26.1. The van der Waals surface area contributed by atoms with Crippen molar-refractivity contribution in [2.45, 2.75) is 38.1 Å². The number of nitrogens with zero attached hydrogens (tertiary/aromatic N) is 4. The Kier molecular flexibility index (Phi) is 7.62. The lowest BCUT2D eigenvalue weighted by Gasteiger charge is -2.30. The molecule has 11 heteroatoms. The summed E-state index contributed by atoms with van der Waals surface area (Å²) in [7, 11) is 4.09. The molecule has 5 rings (SSSR count). The topological polar surface area (TPSA) is 121 Å². The molecule has 10 nitrogen and oxygen atoms in total. The van der Waals surface area contributed by atoms with Crippen LogP contribution in [0, 0.1) is 11.8 Å². The highest BCUT2D eigenvalue weighted by Crippen LogP contribution is 2.34. The monoisotopic (exact) mass is 538 g/mol. The summed E-state index contributed by atoms with van der Waals surface area (Å²) in [6.07, 6.45) is 6.53. The largest absolute Gasteiger partial charge is 0.447 e. The minimum Gasteiger partial charge on any atom is -0.447 e. The lowest BCUT2D eigenvalue weighted by atomic mass is 9.81. The molecule has 1 atom stereocenters. The molecule has 0 bridgehead atoms. The first-order valence-corrected chi connectivity index (χ1v) is 13.2. The highest BCUT2D eigenvalue weighted by molar-refractivity contribution is 6.30. The molecule has 0 radical (unpaired) electrons. The van der Waals surface area contributed by atoms with Gasteiger partial charge in [0.15, 0.2) is 5.58 Å². The summed E-state index contributed by atoms with van der Waals surface area (Å²) in [5.74, 6) is -0.659. The number of rotatable bonds is 6. The SMILES string of the molecule is CN(C)C1CCN(C(=O)[C@H]2CC[C@H](C(=O)Nc3c(C(=O)Nc4ccc(Cl)cn4)oc4cccnc34)CC2)C1. The molecule has 1 aliphatic heterocycles. The van der Waals surface area contributed by atoms with E-state index in [0.717, 1.165) is 19.5 Å². The predicted octanol–water partition coefficient (Wildman–Crippen LogP) is 4.04. The summed E-state index contributed by atoms with van der Waals surface area (Å²) in [4.78, 5) is 52.0. The fraction of sp³-hybridized carbons (Fsp3) is 0.444. The van der Waals surface area contributed by atoms with Crippen LogP contribution in [0.2, 0.25) is 5.02 Å². The number of amides is 3. The Hall–Kier alpha value is -3.50. The van der Waals surface area contributed by atoms with E-state index in [2.05, 4.69) is 25.5 Å². The quantitative estimate of drug-likeness (QED) is 0.486. The molecule has 1 aliphatic carbocycles. The smallest absolute Gasteiger partial charge is 0.294 e. The molecule has 38 heavy (non-hydrogen) atoms. The Morgan fingerprint density at radius 1 is 1.03 bits per heavy atom. The van der Waals surface area contributed by atoms with Crippen molar-refractivity contribution in [3.05, 3.63) is 47.4 Å². The van der Waals surface area contributed by atoms with Gasteiger partial charge in [0.1, 0.15) is 17.0 Å².